The van der Waals surface area contributed by atoms with Crippen molar-refractivity contribution in [2.24, 2.45) is 5.92 Å². The largest absolute Gasteiger partial charge is 0.384 e. The number of pyridine rings is 1. The Morgan fingerprint density at radius 3 is 2.47 bits per heavy atom. The summed E-state index contributed by atoms with van der Waals surface area (Å²) in [5.41, 5.74) is 3.33. The standard InChI is InChI=1S/C30H38N4O3S/c1-20(22-9-4-3-5-10-22)31-29(36)27-23-11-6-7-12-25(23)32-28(26-13-8-18-38-26)24(27)19-33-14-16-34(17-15-33)30(37)21(2)35/h6-8,11-13,18,20-22,35H,3-5,9-10,14-17,19H2,1-2H3,(H,31,36). The van der Waals surface area contributed by atoms with Crippen LogP contribution in [0.3, 0.4) is 0 Å². The zero-order chi connectivity index (χ0) is 26.6. The highest BCUT2D eigenvalue weighted by atomic mass is 32.1. The minimum absolute atomic E-state index is 0.0302. The van der Waals surface area contributed by atoms with Gasteiger partial charge in [0, 0.05) is 49.7 Å². The predicted octanol–water partition coefficient (Wildman–Crippen LogP) is 4.69. The Morgan fingerprint density at radius 1 is 1.05 bits per heavy atom. The first-order valence-corrected chi connectivity index (χ1v) is 14.8. The third-order valence-electron chi connectivity index (χ3n) is 8.11. The van der Waals surface area contributed by atoms with E-state index in [0.29, 0.717) is 44.2 Å². The molecule has 0 radical (unpaired) electrons. The van der Waals surface area contributed by atoms with Gasteiger partial charge in [-0.1, -0.05) is 43.5 Å². The van der Waals surface area contributed by atoms with Crippen molar-refractivity contribution in [2.75, 3.05) is 26.2 Å². The molecule has 1 aliphatic carbocycles. The molecule has 7 nitrogen and oxygen atoms in total. The number of aliphatic hydroxyl groups excluding tert-OH is 1. The maximum absolute atomic E-state index is 14.1. The van der Waals surface area contributed by atoms with Crippen molar-refractivity contribution in [3.63, 3.8) is 0 Å². The van der Waals surface area contributed by atoms with Crippen LogP contribution in [0.15, 0.2) is 41.8 Å². The minimum Gasteiger partial charge on any atom is -0.384 e. The van der Waals surface area contributed by atoms with Gasteiger partial charge in [0.2, 0.25) is 0 Å². The lowest BCUT2D eigenvalue weighted by Crippen LogP contribution is -2.50. The number of aromatic nitrogens is 1. The van der Waals surface area contributed by atoms with E-state index in [1.54, 1.807) is 16.2 Å². The van der Waals surface area contributed by atoms with Gasteiger partial charge in [0.15, 0.2) is 0 Å². The van der Waals surface area contributed by atoms with E-state index in [4.69, 9.17) is 4.98 Å². The van der Waals surface area contributed by atoms with Crippen LogP contribution in [0.1, 0.15) is 61.9 Å². The Hall–Kier alpha value is -2.81. The molecular formula is C30H38N4O3S. The number of hydrogen-bond acceptors (Lipinski definition) is 6. The van der Waals surface area contributed by atoms with Gasteiger partial charge < -0.3 is 15.3 Å². The lowest BCUT2D eigenvalue weighted by Gasteiger charge is -2.36. The molecule has 3 aromatic rings. The molecule has 2 aromatic heterocycles. The number of fused-ring (bicyclic) bond motifs is 1. The average molecular weight is 535 g/mol. The Labute approximate surface area is 228 Å². The fourth-order valence-corrected chi connectivity index (χ4v) is 6.67. The molecule has 38 heavy (non-hydrogen) atoms. The molecule has 2 atom stereocenters. The number of carbonyl (C=O) groups is 2. The second-order valence-electron chi connectivity index (χ2n) is 10.7. The van der Waals surface area contributed by atoms with Crippen LogP contribution in [-0.4, -0.2) is 70.0 Å². The monoisotopic (exact) mass is 534 g/mol. The zero-order valence-corrected chi connectivity index (χ0v) is 23.2. The quantitative estimate of drug-likeness (QED) is 0.460. The summed E-state index contributed by atoms with van der Waals surface area (Å²) in [6, 6.07) is 12.1. The SMILES string of the molecule is CC(O)C(=O)N1CCN(Cc2c(-c3cccs3)nc3ccccc3c2C(=O)NC(C)C2CCCCC2)CC1. The van der Waals surface area contributed by atoms with E-state index in [1.165, 1.54) is 39.0 Å². The molecule has 5 rings (SSSR count). The van der Waals surface area contributed by atoms with Crippen LogP contribution in [-0.2, 0) is 11.3 Å². The van der Waals surface area contributed by atoms with Gasteiger partial charge in [-0.15, -0.1) is 11.3 Å². The minimum atomic E-state index is -0.988. The number of piperazine rings is 1. The van der Waals surface area contributed by atoms with Gasteiger partial charge in [-0.3, -0.25) is 14.5 Å². The number of thiophene rings is 1. The molecule has 0 bridgehead atoms. The molecule has 2 N–H and O–H groups in total. The fourth-order valence-electron chi connectivity index (χ4n) is 5.93. The van der Waals surface area contributed by atoms with Gasteiger partial charge in [-0.25, -0.2) is 4.98 Å². The highest BCUT2D eigenvalue weighted by molar-refractivity contribution is 7.13. The summed E-state index contributed by atoms with van der Waals surface area (Å²) in [7, 11) is 0. The Balaban J connectivity index is 1.50. The molecule has 2 aliphatic rings. The average Bonchev–Trinajstić information content (AvgIpc) is 3.48. The van der Waals surface area contributed by atoms with Crippen LogP contribution in [0, 0.1) is 5.92 Å². The maximum atomic E-state index is 14.1. The molecule has 1 aliphatic heterocycles. The summed E-state index contributed by atoms with van der Waals surface area (Å²) in [6.45, 7) is 6.70. The third kappa shape index (κ3) is 5.77. The first-order chi connectivity index (χ1) is 18.4. The van der Waals surface area contributed by atoms with E-state index >= 15 is 0 Å². The van der Waals surface area contributed by atoms with Gasteiger partial charge in [-0.05, 0) is 50.1 Å². The fraction of sp³-hybridized carbons (Fsp3) is 0.500. The van der Waals surface area contributed by atoms with Crippen LogP contribution < -0.4 is 5.32 Å². The molecule has 2 fully saturated rings. The predicted molar refractivity (Wildman–Crippen MR) is 152 cm³/mol. The van der Waals surface area contributed by atoms with Crippen molar-refractivity contribution in [1.82, 2.24) is 20.1 Å². The van der Waals surface area contributed by atoms with Crippen LogP contribution in [0.5, 0.6) is 0 Å². The van der Waals surface area contributed by atoms with Gasteiger partial charge >= 0.3 is 0 Å². The van der Waals surface area contributed by atoms with E-state index in [9.17, 15) is 14.7 Å². The summed E-state index contributed by atoms with van der Waals surface area (Å²) in [5, 5.41) is 16.0. The van der Waals surface area contributed by atoms with Crippen molar-refractivity contribution in [1.29, 1.82) is 0 Å². The van der Waals surface area contributed by atoms with Crippen molar-refractivity contribution in [3.05, 3.63) is 52.9 Å². The molecule has 2 unspecified atom stereocenters. The van der Waals surface area contributed by atoms with Gasteiger partial charge in [0.25, 0.3) is 11.8 Å². The number of nitrogens with zero attached hydrogens (tertiary/aromatic N) is 3. The van der Waals surface area contributed by atoms with Crippen LogP contribution in [0.4, 0.5) is 0 Å². The number of rotatable bonds is 7. The Morgan fingerprint density at radius 2 is 1.79 bits per heavy atom. The van der Waals surface area contributed by atoms with Crippen molar-refractivity contribution >= 4 is 34.1 Å². The molecular weight excluding hydrogens is 496 g/mol. The van der Waals surface area contributed by atoms with Crippen molar-refractivity contribution in [3.8, 4) is 10.6 Å². The maximum Gasteiger partial charge on any atom is 0.252 e. The first kappa shape index (κ1) is 26.8. The molecule has 3 heterocycles. The van der Waals surface area contributed by atoms with Gasteiger partial charge in [0.1, 0.15) is 6.10 Å². The summed E-state index contributed by atoms with van der Waals surface area (Å²) < 4.78 is 0. The summed E-state index contributed by atoms with van der Waals surface area (Å²) in [5.74, 6) is 0.256. The molecule has 2 amide bonds. The number of para-hydroxylation sites is 1. The Bertz CT molecular complexity index is 1260. The number of amides is 2. The van der Waals surface area contributed by atoms with E-state index < -0.39 is 6.10 Å². The summed E-state index contributed by atoms with van der Waals surface area (Å²) >= 11 is 1.63. The van der Waals surface area contributed by atoms with Crippen molar-refractivity contribution in [2.45, 2.75) is 64.6 Å². The van der Waals surface area contributed by atoms with E-state index in [1.807, 2.05) is 35.7 Å². The number of carbonyl (C=O) groups excluding carboxylic acids is 2. The molecule has 8 heteroatoms. The second kappa shape index (κ2) is 11.9. The lowest BCUT2D eigenvalue weighted by atomic mass is 9.84. The molecule has 0 spiro atoms. The van der Waals surface area contributed by atoms with Gasteiger partial charge in [-0.2, -0.15) is 0 Å². The summed E-state index contributed by atoms with van der Waals surface area (Å²) in [4.78, 5) is 36.5. The molecule has 1 saturated carbocycles. The smallest absolute Gasteiger partial charge is 0.252 e. The second-order valence-corrected chi connectivity index (χ2v) is 11.7. The third-order valence-corrected chi connectivity index (χ3v) is 8.99. The summed E-state index contributed by atoms with van der Waals surface area (Å²) in [6.07, 6.45) is 5.11. The van der Waals surface area contributed by atoms with Gasteiger partial charge in [0.05, 0.1) is 21.7 Å². The number of aliphatic hydroxyl groups is 1. The highest BCUT2D eigenvalue weighted by Crippen LogP contribution is 2.34. The normalized spacial score (nSPS) is 18.9. The van der Waals surface area contributed by atoms with Crippen molar-refractivity contribution < 1.29 is 14.7 Å². The van der Waals surface area contributed by atoms with Crippen LogP contribution in [0.25, 0.3) is 21.5 Å². The van der Waals surface area contributed by atoms with Crippen LogP contribution >= 0.6 is 11.3 Å². The first-order valence-electron chi connectivity index (χ1n) is 13.9. The number of benzene rings is 1. The topological polar surface area (TPSA) is 85.8 Å². The highest BCUT2D eigenvalue weighted by Gasteiger charge is 2.29. The zero-order valence-electron chi connectivity index (χ0n) is 22.4. The van der Waals surface area contributed by atoms with E-state index in [0.717, 1.165) is 27.0 Å². The van der Waals surface area contributed by atoms with E-state index in [-0.39, 0.29) is 17.9 Å². The molecule has 202 valence electrons. The van der Waals surface area contributed by atoms with Crippen LogP contribution in [0.2, 0.25) is 0 Å². The molecule has 1 saturated heterocycles. The Kier molecular flexibility index (Phi) is 8.41. The number of nitrogens with one attached hydrogen (secondary N) is 1. The number of hydrogen-bond donors (Lipinski definition) is 2. The lowest BCUT2D eigenvalue weighted by molar-refractivity contribution is -0.141. The molecule has 1 aromatic carbocycles. The van der Waals surface area contributed by atoms with E-state index in [2.05, 4.69) is 23.2 Å².